The Labute approximate surface area is 110 Å². The standard InChI is InChI=1S/C17H21N/c1-13-8-10-15(11-9-13)12-17(14(2)18)16-6-4-3-5-7-16/h3-11,14,17H,12,18H2,1-2H3/t14-,17-/m1/s1. The van der Waals surface area contributed by atoms with Crippen molar-refractivity contribution < 1.29 is 0 Å². The van der Waals surface area contributed by atoms with Crippen LogP contribution in [-0.2, 0) is 6.42 Å². The van der Waals surface area contributed by atoms with Crippen LogP contribution in [0.25, 0.3) is 0 Å². The zero-order valence-corrected chi connectivity index (χ0v) is 11.1. The highest BCUT2D eigenvalue weighted by molar-refractivity contribution is 5.27. The van der Waals surface area contributed by atoms with Crippen LogP contribution in [-0.4, -0.2) is 6.04 Å². The topological polar surface area (TPSA) is 26.0 Å². The molecule has 2 rings (SSSR count). The van der Waals surface area contributed by atoms with Crippen molar-refractivity contribution in [2.75, 3.05) is 0 Å². The Balaban J connectivity index is 2.19. The van der Waals surface area contributed by atoms with Crippen LogP contribution >= 0.6 is 0 Å². The molecule has 0 aliphatic heterocycles. The lowest BCUT2D eigenvalue weighted by atomic mass is 9.87. The van der Waals surface area contributed by atoms with Crippen molar-refractivity contribution in [3.8, 4) is 0 Å². The molecule has 1 nitrogen and oxygen atoms in total. The van der Waals surface area contributed by atoms with Gasteiger partial charge in [-0.15, -0.1) is 0 Å². The lowest BCUT2D eigenvalue weighted by Gasteiger charge is -2.21. The highest BCUT2D eigenvalue weighted by Crippen LogP contribution is 2.23. The molecule has 0 aromatic heterocycles. The highest BCUT2D eigenvalue weighted by Gasteiger charge is 2.16. The van der Waals surface area contributed by atoms with E-state index in [0.717, 1.165) is 6.42 Å². The predicted molar refractivity (Wildman–Crippen MR) is 77.7 cm³/mol. The second-order valence-electron chi connectivity index (χ2n) is 5.07. The third kappa shape index (κ3) is 3.21. The maximum Gasteiger partial charge on any atom is 0.00825 e. The number of hydrogen-bond donors (Lipinski definition) is 1. The van der Waals surface area contributed by atoms with Crippen molar-refractivity contribution in [1.29, 1.82) is 0 Å². The highest BCUT2D eigenvalue weighted by atomic mass is 14.6. The third-order valence-electron chi connectivity index (χ3n) is 3.44. The Bertz CT molecular complexity index is 471. The van der Waals surface area contributed by atoms with Crippen LogP contribution in [0.3, 0.4) is 0 Å². The summed E-state index contributed by atoms with van der Waals surface area (Å²) in [6.45, 7) is 4.20. The summed E-state index contributed by atoms with van der Waals surface area (Å²) < 4.78 is 0. The molecule has 2 N–H and O–H groups in total. The average molecular weight is 239 g/mol. The van der Waals surface area contributed by atoms with E-state index in [1.807, 2.05) is 6.07 Å². The molecule has 2 aromatic carbocycles. The lowest BCUT2D eigenvalue weighted by molar-refractivity contribution is 0.565. The Morgan fingerprint density at radius 1 is 0.944 bits per heavy atom. The molecular formula is C17H21N. The molecule has 0 heterocycles. The van der Waals surface area contributed by atoms with Gasteiger partial charge in [0.25, 0.3) is 0 Å². The molecule has 0 saturated heterocycles. The molecule has 2 aromatic rings. The molecule has 18 heavy (non-hydrogen) atoms. The zero-order valence-electron chi connectivity index (χ0n) is 11.1. The van der Waals surface area contributed by atoms with E-state index in [1.165, 1.54) is 16.7 Å². The van der Waals surface area contributed by atoms with Crippen LogP contribution in [0.15, 0.2) is 54.6 Å². The SMILES string of the molecule is Cc1ccc(C[C@@H](c2ccccc2)[C@@H](C)N)cc1. The van der Waals surface area contributed by atoms with Gasteiger partial charge < -0.3 is 5.73 Å². The van der Waals surface area contributed by atoms with Gasteiger partial charge in [0, 0.05) is 12.0 Å². The van der Waals surface area contributed by atoms with Crippen molar-refractivity contribution in [3.63, 3.8) is 0 Å². The summed E-state index contributed by atoms with van der Waals surface area (Å²) in [6.07, 6.45) is 1.00. The van der Waals surface area contributed by atoms with Gasteiger partial charge in [0.2, 0.25) is 0 Å². The summed E-state index contributed by atoms with van der Waals surface area (Å²) >= 11 is 0. The predicted octanol–water partition coefficient (Wildman–Crippen LogP) is 3.67. The van der Waals surface area contributed by atoms with Gasteiger partial charge in [0.1, 0.15) is 0 Å². The molecule has 0 aliphatic carbocycles. The van der Waals surface area contributed by atoms with Gasteiger partial charge in [-0.05, 0) is 31.4 Å². The average Bonchev–Trinajstić information content (AvgIpc) is 2.38. The van der Waals surface area contributed by atoms with E-state index in [2.05, 4.69) is 62.4 Å². The van der Waals surface area contributed by atoms with Crippen LogP contribution in [0.1, 0.15) is 29.5 Å². The maximum absolute atomic E-state index is 6.15. The quantitative estimate of drug-likeness (QED) is 0.865. The van der Waals surface area contributed by atoms with E-state index in [0.29, 0.717) is 5.92 Å². The summed E-state index contributed by atoms with van der Waals surface area (Å²) in [5.74, 6) is 0.383. The lowest BCUT2D eigenvalue weighted by Crippen LogP contribution is -2.26. The third-order valence-corrected chi connectivity index (χ3v) is 3.44. The molecule has 0 saturated carbocycles. The summed E-state index contributed by atoms with van der Waals surface area (Å²) in [6, 6.07) is 19.4. The monoisotopic (exact) mass is 239 g/mol. The summed E-state index contributed by atoms with van der Waals surface area (Å²) in [4.78, 5) is 0. The van der Waals surface area contributed by atoms with Crippen molar-refractivity contribution >= 4 is 0 Å². The summed E-state index contributed by atoms with van der Waals surface area (Å²) in [5, 5.41) is 0. The van der Waals surface area contributed by atoms with E-state index in [4.69, 9.17) is 5.73 Å². The molecular weight excluding hydrogens is 218 g/mol. The summed E-state index contributed by atoms with van der Waals surface area (Å²) in [5.41, 5.74) is 10.1. The Kier molecular flexibility index (Phi) is 4.16. The molecule has 0 unspecified atom stereocenters. The van der Waals surface area contributed by atoms with Crippen molar-refractivity contribution in [3.05, 3.63) is 71.3 Å². The fourth-order valence-corrected chi connectivity index (χ4v) is 2.29. The smallest absolute Gasteiger partial charge is 0.00825 e. The van der Waals surface area contributed by atoms with Crippen LogP contribution in [0.5, 0.6) is 0 Å². The van der Waals surface area contributed by atoms with Crippen molar-refractivity contribution in [1.82, 2.24) is 0 Å². The first-order chi connectivity index (χ1) is 8.66. The minimum Gasteiger partial charge on any atom is -0.327 e. The fourth-order valence-electron chi connectivity index (χ4n) is 2.29. The van der Waals surface area contributed by atoms with E-state index in [9.17, 15) is 0 Å². The maximum atomic E-state index is 6.15. The zero-order chi connectivity index (χ0) is 13.0. The number of benzene rings is 2. The Morgan fingerprint density at radius 2 is 1.56 bits per heavy atom. The van der Waals surface area contributed by atoms with Gasteiger partial charge in [0.15, 0.2) is 0 Å². The molecule has 0 radical (unpaired) electrons. The van der Waals surface area contributed by atoms with Gasteiger partial charge in [-0.3, -0.25) is 0 Å². The number of aryl methyl sites for hydroxylation is 1. The minimum absolute atomic E-state index is 0.161. The Hall–Kier alpha value is -1.60. The van der Waals surface area contributed by atoms with E-state index < -0.39 is 0 Å². The van der Waals surface area contributed by atoms with Gasteiger partial charge in [-0.25, -0.2) is 0 Å². The minimum atomic E-state index is 0.161. The van der Waals surface area contributed by atoms with Gasteiger partial charge >= 0.3 is 0 Å². The molecule has 1 heteroatoms. The van der Waals surface area contributed by atoms with E-state index in [1.54, 1.807) is 0 Å². The van der Waals surface area contributed by atoms with Crippen LogP contribution < -0.4 is 5.73 Å². The van der Waals surface area contributed by atoms with Gasteiger partial charge in [-0.2, -0.15) is 0 Å². The molecule has 0 fully saturated rings. The normalized spacial score (nSPS) is 14.2. The van der Waals surface area contributed by atoms with Gasteiger partial charge in [0.05, 0.1) is 0 Å². The number of rotatable bonds is 4. The second-order valence-corrected chi connectivity index (χ2v) is 5.07. The number of hydrogen-bond acceptors (Lipinski definition) is 1. The van der Waals surface area contributed by atoms with E-state index in [-0.39, 0.29) is 6.04 Å². The molecule has 0 spiro atoms. The molecule has 2 atom stereocenters. The molecule has 0 bridgehead atoms. The molecule has 94 valence electrons. The first-order valence-corrected chi connectivity index (χ1v) is 6.53. The van der Waals surface area contributed by atoms with Gasteiger partial charge in [-0.1, -0.05) is 60.2 Å². The van der Waals surface area contributed by atoms with Crippen LogP contribution in [0.4, 0.5) is 0 Å². The molecule has 0 amide bonds. The van der Waals surface area contributed by atoms with Crippen molar-refractivity contribution in [2.24, 2.45) is 5.73 Å². The van der Waals surface area contributed by atoms with Crippen molar-refractivity contribution in [2.45, 2.75) is 32.2 Å². The van der Waals surface area contributed by atoms with Crippen LogP contribution in [0, 0.1) is 6.92 Å². The largest absolute Gasteiger partial charge is 0.327 e. The first kappa shape index (κ1) is 12.8. The second kappa shape index (κ2) is 5.83. The fraction of sp³-hybridized carbons (Fsp3) is 0.294. The molecule has 0 aliphatic rings. The summed E-state index contributed by atoms with van der Waals surface area (Å²) in [7, 11) is 0. The van der Waals surface area contributed by atoms with Crippen LogP contribution in [0.2, 0.25) is 0 Å². The van der Waals surface area contributed by atoms with E-state index >= 15 is 0 Å². The number of nitrogens with two attached hydrogens (primary N) is 1. The first-order valence-electron chi connectivity index (χ1n) is 6.53. The Morgan fingerprint density at radius 3 is 2.11 bits per heavy atom.